The van der Waals surface area contributed by atoms with E-state index in [1.54, 1.807) is 12.2 Å². The number of carboxylic acids is 1. The zero-order valence-corrected chi connectivity index (χ0v) is 25.0. The van der Waals surface area contributed by atoms with Crippen LogP contribution in [0.2, 0.25) is 0 Å². The van der Waals surface area contributed by atoms with E-state index >= 15 is 0 Å². The number of carbonyl (C=O) groups excluding carboxylic acids is 1. The molecule has 7 nitrogen and oxygen atoms in total. The van der Waals surface area contributed by atoms with Crippen molar-refractivity contribution in [2.45, 2.75) is 37.9 Å². The van der Waals surface area contributed by atoms with Gasteiger partial charge in [0.25, 0.3) is 11.5 Å². The molecule has 1 heterocycles. The molecule has 0 radical (unpaired) electrons. The van der Waals surface area contributed by atoms with Gasteiger partial charge in [-0.05, 0) is 59.5 Å². The summed E-state index contributed by atoms with van der Waals surface area (Å²) in [6, 6.07) is 3.38. The number of fused-ring (bicyclic) bond motifs is 1. The van der Waals surface area contributed by atoms with Crippen molar-refractivity contribution < 1.29 is 27.9 Å². The number of aromatic nitrogens is 1. The van der Waals surface area contributed by atoms with Crippen LogP contribution in [0.3, 0.4) is 0 Å². The summed E-state index contributed by atoms with van der Waals surface area (Å²) in [5.41, 5.74) is -0.411. The lowest BCUT2D eigenvalue weighted by Gasteiger charge is -2.30. The number of rotatable bonds is 10. The maximum Gasteiger partial charge on any atom is 0.416 e. The lowest BCUT2D eigenvalue weighted by Crippen LogP contribution is -2.43. The minimum Gasteiger partial charge on any atom is -0.480 e. The van der Waals surface area contributed by atoms with Gasteiger partial charge in [0, 0.05) is 35.0 Å². The largest absolute Gasteiger partial charge is 0.480 e. The average Bonchev–Trinajstić information content (AvgIpc) is 3.03. The van der Waals surface area contributed by atoms with Crippen LogP contribution in [0.1, 0.15) is 53.2 Å². The lowest BCUT2D eigenvalue weighted by atomic mass is 9.77. The first-order valence-corrected chi connectivity index (χ1v) is 14.4. The van der Waals surface area contributed by atoms with Crippen LogP contribution in [0.15, 0.2) is 125 Å². The molecule has 3 atom stereocenters. The summed E-state index contributed by atoms with van der Waals surface area (Å²) in [4.78, 5) is 39.9. The van der Waals surface area contributed by atoms with E-state index in [2.05, 4.69) is 6.58 Å². The van der Waals surface area contributed by atoms with Crippen LogP contribution >= 0.6 is 11.6 Å². The molecule has 2 aliphatic rings. The second-order valence-electron chi connectivity index (χ2n) is 10.4. The standard InChI is InChI=1S/C34H31ClF3N3O4/c1-3-21(12-17-26(35)4-2)18-30(33(44)45)40-20-24(28-11-7-9-22-8-5-6-10-27(22)28)19-29(32(40)43)41(39)31(42)23-13-15-25(16-14-23)34(36,37)38/h3,5-17,19-20,27-28,30H,1,4,18,39H2,2H3,(H,44,45)/b21-12+,26-17+. The molecule has 1 aromatic carbocycles. The Morgan fingerprint density at radius 1 is 1.13 bits per heavy atom. The summed E-state index contributed by atoms with van der Waals surface area (Å²) in [6.45, 7) is 5.62. The number of aliphatic carboxylic acids is 1. The number of anilines is 1. The molecule has 45 heavy (non-hydrogen) atoms. The van der Waals surface area contributed by atoms with Crippen LogP contribution in [0, 0.1) is 5.92 Å². The minimum absolute atomic E-state index is 0.149. The van der Waals surface area contributed by atoms with Crippen molar-refractivity contribution in [2.24, 2.45) is 11.8 Å². The van der Waals surface area contributed by atoms with Gasteiger partial charge >= 0.3 is 12.1 Å². The Bertz CT molecular complexity index is 1730. The van der Waals surface area contributed by atoms with Gasteiger partial charge in [-0.2, -0.15) is 13.2 Å². The maximum absolute atomic E-state index is 13.9. The monoisotopic (exact) mass is 637 g/mol. The number of carboxylic acid groups (broad SMARTS) is 1. The van der Waals surface area contributed by atoms with Gasteiger partial charge < -0.3 is 5.11 Å². The number of hydrazine groups is 1. The summed E-state index contributed by atoms with van der Waals surface area (Å²) >= 11 is 6.12. The number of alkyl halides is 3. The fourth-order valence-electron chi connectivity index (χ4n) is 5.10. The number of halogens is 4. The number of nitrogens with zero attached hydrogens (tertiary/aromatic N) is 2. The van der Waals surface area contributed by atoms with Gasteiger partial charge in [0.2, 0.25) is 0 Å². The first kappa shape index (κ1) is 33.2. The van der Waals surface area contributed by atoms with Crippen molar-refractivity contribution in [1.82, 2.24) is 4.57 Å². The molecule has 2 aromatic rings. The van der Waals surface area contributed by atoms with Crippen molar-refractivity contribution in [3.8, 4) is 0 Å². The molecule has 4 rings (SSSR count). The van der Waals surface area contributed by atoms with E-state index in [9.17, 15) is 32.7 Å². The van der Waals surface area contributed by atoms with Crippen LogP contribution in [-0.2, 0) is 11.0 Å². The highest BCUT2D eigenvalue weighted by Gasteiger charge is 2.32. The first-order valence-electron chi connectivity index (χ1n) is 14.0. The highest BCUT2D eigenvalue weighted by Crippen LogP contribution is 2.39. The van der Waals surface area contributed by atoms with E-state index in [1.807, 2.05) is 49.5 Å². The Morgan fingerprint density at radius 3 is 2.44 bits per heavy atom. The number of hydrogen-bond acceptors (Lipinski definition) is 4. The molecule has 2 aliphatic carbocycles. The Morgan fingerprint density at radius 2 is 1.82 bits per heavy atom. The van der Waals surface area contributed by atoms with Crippen molar-refractivity contribution in [2.75, 3.05) is 5.01 Å². The minimum atomic E-state index is -4.61. The normalized spacial score (nSPS) is 18.7. The summed E-state index contributed by atoms with van der Waals surface area (Å²) in [6.07, 6.45) is 15.3. The molecule has 0 aliphatic heterocycles. The van der Waals surface area contributed by atoms with Crippen molar-refractivity contribution >= 4 is 29.2 Å². The first-order chi connectivity index (χ1) is 21.3. The van der Waals surface area contributed by atoms with Crippen molar-refractivity contribution in [3.05, 3.63) is 147 Å². The van der Waals surface area contributed by atoms with E-state index in [4.69, 9.17) is 17.4 Å². The van der Waals surface area contributed by atoms with Gasteiger partial charge in [-0.3, -0.25) is 14.2 Å². The Hall–Kier alpha value is -4.67. The molecule has 0 spiro atoms. The Balaban J connectivity index is 1.85. The fraction of sp³-hybridized carbons (Fsp3) is 0.206. The second-order valence-corrected chi connectivity index (χ2v) is 10.9. The Labute approximate surface area is 263 Å². The number of pyridine rings is 1. The summed E-state index contributed by atoms with van der Waals surface area (Å²) in [5, 5.41) is 11.4. The van der Waals surface area contributed by atoms with E-state index in [-0.39, 0.29) is 29.5 Å². The van der Waals surface area contributed by atoms with Crippen LogP contribution in [0.5, 0.6) is 0 Å². The molecule has 3 N–H and O–H groups in total. The second kappa shape index (κ2) is 14.0. The van der Waals surface area contributed by atoms with E-state index in [0.29, 0.717) is 27.6 Å². The zero-order valence-electron chi connectivity index (χ0n) is 24.2. The van der Waals surface area contributed by atoms with Crippen LogP contribution in [-0.4, -0.2) is 21.6 Å². The number of amides is 1. The van der Waals surface area contributed by atoms with Gasteiger partial charge in [0.15, 0.2) is 0 Å². The predicted molar refractivity (Wildman–Crippen MR) is 169 cm³/mol. The molecule has 1 amide bonds. The highest BCUT2D eigenvalue weighted by atomic mass is 35.5. The molecule has 1 aromatic heterocycles. The van der Waals surface area contributed by atoms with Crippen molar-refractivity contribution in [3.63, 3.8) is 0 Å². The number of nitrogens with two attached hydrogens (primary N) is 1. The van der Waals surface area contributed by atoms with Crippen LogP contribution in [0.4, 0.5) is 18.9 Å². The van der Waals surface area contributed by atoms with Crippen LogP contribution in [0.25, 0.3) is 0 Å². The third kappa shape index (κ3) is 7.53. The summed E-state index contributed by atoms with van der Waals surface area (Å²) in [5.74, 6) is 3.40. The molecular formula is C34H31ClF3N3O4. The quantitative estimate of drug-likeness (QED) is 0.122. The van der Waals surface area contributed by atoms with Gasteiger partial charge in [-0.25, -0.2) is 15.6 Å². The third-order valence-electron chi connectivity index (χ3n) is 7.59. The van der Waals surface area contributed by atoms with E-state index < -0.39 is 35.2 Å². The lowest BCUT2D eigenvalue weighted by molar-refractivity contribution is -0.141. The van der Waals surface area contributed by atoms with Crippen LogP contribution < -0.4 is 16.4 Å². The van der Waals surface area contributed by atoms with Gasteiger partial charge in [0.1, 0.15) is 11.7 Å². The molecule has 0 saturated heterocycles. The van der Waals surface area contributed by atoms with Gasteiger partial charge in [-0.15, -0.1) is 0 Å². The smallest absolute Gasteiger partial charge is 0.416 e. The number of carbonyl (C=O) groups is 2. The van der Waals surface area contributed by atoms with Gasteiger partial charge in [-0.1, -0.05) is 79.8 Å². The average molecular weight is 638 g/mol. The molecular weight excluding hydrogens is 607 g/mol. The third-order valence-corrected chi connectivity index (χ3v) is 7.99. The molecule has 0 bridgehead atoms. The summed E-state index contributed by atoms with van der Waals surface area (Å²) < 4.78 is 40.3. The molecule has 0 fully saturated rings. The topological polar surface area (TPSA) is 106 Å². The molecule has 3 unspecified atom stereocenters. The highest BCUT2D eigenvalue weighted by molar-refractivity contribution is 6.29. The fourth-order valence-corrected chi connectivity index (χ4v) is 5.16. The Kier molecular flexibility index (Phi) is 10.3. The maximum atomic E-state index is 13.9. The molecule has 11 heteroatoms. The SMILES string of the molecule is C=C/C(=C\C=C(\Cl)CC)CC(C(=O)O)n1cc(C2C=CC=C3C=CC=CC32)cc(N(N)C(=O)c2ccc(C(F)(F)F)cc2)c1=O. The summed E-state index contributed by atoms with van der Waals surface area (Å²) in [7, 11) is 0. The van der Waals surface area contributed by atoms with Crippen molar-refractivity contribution in [1.29, 1.82) is 0 Å². The van der Waals surface area contributed by atoms with E-state index in [0.717, 1.165) is 34.4 Å². The predicted octanol–water partition coefficient (Wildman–Crippen LogP) is 7.37. The van der Waals surface area contributed by atoms with E-state index in [1.165, 1.54) is 18.3 Å². The number of hydrogen-bond donors (Lipinski definition) is 2. The van der Waals surface area contributed by atoms with Gasteiger partial charge in [0.05, 0.1) is 5.56 Å². The molecule has 0 saturated carbocycles. The molecule has 234 valence electrons. The number of allylic oxidation sites excluding steroid dienone is 13. The number of benzene rings is 1. The zero-order chi connectivity index (χ0) is 32.9.